The molecule has 20 heavy (non-hydrogen) atoms. The first kappa shape index (κ1) is 14.9. The van der Waals surface area contributed by atoms with Crippen molar-refractivity contribution in [3.05, 3.63) is 23.8 Å². The summed E-state index contributed by atoms with van der Waals surface area (Å²) in [5, 5.41) is 0. The summed E-state index contributed by atoms with van der Waals surface area (Å²) in [5.74, 6) is 1.20. The standard InChI is InChI=1S/C16H24N2O2/c1-5-14-16(19)18(11(4)9-17)13-8-12(10(2)3)6-7-15(13)20-14/h6-8,10-11,14H,5,9,17H2,1-4H3. The Hall–Kier alpha value is -1.55. The molecule has 0 spiro atoms. The zero-order valence-electron chi connectivity index (χ0n) is 12.7. The Labute approximate surface area is 120 Å². The highest BCUT2D eigenvalue weighted by molar-refractivity contribution is 6.00. The maximum Gasteiger partial charge on any atom is 0.268 e. The molecule has 1 amide bonds. The molecule has 0 radical (unpaired) electrons. The van der Waals surface area contributed by atoms with Gasteiger partial charge in [-0.15, -0.1) is 0 Å². The number of fused-ring (bicyclic) bond motifs is 1. The van der Waals surface area contributed by atoms with Gasteiger partial charge in [-0.25, -0.2) is 0 Å². The predicted molar refractivity (Wildman–Crippen MR) is 81.2 cm³/mol. The van der Waals surface area contributed by atoms with Crippen LogP contribution in [-0.4, -0.2) is 24.6 Å². The summed E-state index contributed by atoms with van der Waals surface area (Å²) >= 11 is 0. The molecule has 0 saturated carbocycles. The number of ether oxygens (including phenoxy) is 1. The van der Waals surface area contributed by atoms with E-state index in [-0.39, 0.29) is 11.9 Å². The molecule has 0 aliphatic carbocycles. The molecule has 2 atom stereocenters. The van der Waals surface area contributed by atoms with Crippen LogP contribution >= 0.6 is 0 Å². The molecule has 0 bridgehead atoms. The number of amides is 1. The van der Waals surface area contributed by atoms with Crippen LogP contribution in [0.25, 0.3) is 0 Å². The van der Waals surface area contributed by atoms with Crippen LogP contribution in [0.4, 0.5) is 5.69 Å². The van der Waals surface area contributed by atoms with E-state index in [9.17, 15) is 4.79 Å². The van der Waals surface area contributed by atoms with Crippen LogP contribution in [0.2, 0.25) is 0 Å². The summed E-state index contributed by atoms with van der Waals surface area (Å²) in [6, 6.07) is 6.06. The number of nitrogens with zero attached hydrogens (tertiary/aromatic N) is 1. The third-order valence-corrected chi connectivity index (χ3v) is 3.84. The van der Waals surface area contributed by atoms with Gasteiger partial charge in [-0.2, -0.15) is 0 Å². The number of carbonyl (C=O) groups excluding carboxylic acids is 1. The second kappa shape index (κ2) is 5.83. The minimum Gasteiger partial charge on any atom is -0.478 e. The molecule has 2 N–H and O–H groups in total. The first-order valence-electron chi connectivity index (χ1n) is 7.33. The highest BCUT2D eigenvalue weighted by atomic mass is 16.5. The van der Waals surface area contributed by atoms with E-state index in [1.54, 1.807) is 4.90 Å². The average Bonchev–Trinajstić information content (AvgIpc) is 2.45. The molecule has 1 aliphatic heterocycles. The van der Waals surface area contributed by atoms with Crippen LogP contribution in [0.1, 0.15) is 45.6 Å². The van der Waals surface area contributed by atoms with E-state index in [1.807, 2.05) is 19.9 Å². The largest absolute Gasteiger partial charge is 0.478 e. The van der Waals surface area contributed by atoms with Gasteiger partial charge in [0, 0.05) is 12.6 Å². The second-order valence-corrected chi connectivity index (χ2v) is 5.69. The lowest BCUT2D eigenvalue weighted by Crippen LogP contribution is -2.51. The van der Waals surface area contributed by atoms with Gasteiger partial charge in [0.15, 0.2) is 6.10 Å². The molecule has 2 rings (SSSR count). The summed E-state index contributed by atoms with van der Waals surface area (Å²) in [5.41, 5.74) is 7.82. The lowest BCUT2D eigenvalue weighted by Gasteiger charge is -2.37. The van der Waals surface area contributed by atoms with Crippen molar-refractivity contribution in [2.45, 2.75) is 52.2 Å². The van der Waals surface area contributed by atoms with Crippen molar-refractivity contribution in [1.82, 2.24) is 0 Å². The van der Waals surface area contributed by atoms with Gasteiger partial charge in [0.25, 0.3) is 5.91 Å². The summed E-state index contributed by atoms with van der Waals surface area (Å²) in [6.07, 6.45) is 0.263. The molecule has 0 saturated heterocycles. The van der Waals surface area contributed by atoms with E-state index in [2.05, 4.69) is 26.0 Å². The number of anilines is 1. The first-order chi connectivity index (χ1) is 9.49. The highest BCUT2D eigenvalue weighted by Crippen LogP contribution is 2.38. The normalized spacial score (nSPS) is 19.8. The van der Waals surface area contributed by atoms with Gasteiger partial charge in [0.2, 0.25) is 0 Å². The molecule has 0 fully saturated rings. The molecule has 1 heterocycles. The average molecular weight is 276 g/mol. The molecule has 0 aromatic heterocycles. The number of nitrogens with two attached hydrogens (primary N) is 1. The summed E-state index contributed by atoms with van der Waals surface area (Å²) in [7, 11) is 0. The van der Waals surface area contributed by atoms with Crippen molar-refractivity contribution < 1.29 is 9.53 Å². The Morgan fingerprint density at radius 3 is 2.60 bits per heavy atom. The van der Waals surface area contributed by atoms with Crippen molar-refractivity contribution in [1.29, 1.82) is 0 Å². The van der Waals surface area contributed by atoms with Crippen LogP contribution in [0.5, 0.6) is 5.75 Å². The number of rotatable bonds is 4. The topological polar surface area (TPSA) is 55.6 Å². The van der Waals surface area contributed by atoms with Gasteiger partial charge in [-0.05, 0) is 37.0 Å². The highest BCUT2D eigenvalue weighted by Gasteiger charge is 2.35. The molecule has 2 unspecified atom stereocenters. The Morgan fingerprint density at radius 1 is 1.35 bits per heavy atom. The summed E-state index contributed by atoms with van der Waals surface area (Å²) < 4.78 is 5.82. The van der Waals surface area contributed by atoms with Crippen molar-refractivity contribution in [3.8, 4) is 5.75 Å². The smallest absolute Gasteiger partial charge is 0.268 e. The van der Waals surface area contributed by atoms with E-state index < -0.39 is 6.10 Å². The SMILES string of the molecule is CCC1Oc2ccc(C(C)C)cc2N(C(C)CN)C1=O. The van der Waals surface area contributed by atoms with Crippen LogP contribution in [0.3, 0.4) is 0 Å². The van der Waals surface area contributed by atoms with Gasteiger partial charge < -0.3 is 15.4 Å². The molecule has 4 nitrogen and oxygen atoms in total. The van der Waals surface area contributed by atoms with Gasteiger partial charge in [-0.1, -0.05) is 26.8 Å². The third kappa shape index (κ3) is 2.52. The van der Waals surface area contributed by atoms with Crippen LogP contribution in [-0.2, 0) is 4.79 Å². The van der Waals surface area contributed by atoms with Gasteiger partial charge in [0.1, 0.15) is 5.75 Å². The number of benzene rings is 1. The molecule has 1 aromatic rings. The first-order valence-corrected chi connectivity index (χ1v) is 7.33. The number of hydrogen-bond acceptors (Lipinski definition) is 3. The van der Waals surface area contributed by atoms with Crippen LogP contribution in [0.15, 0.2) is 18.2 Å². The lowest BCUT2D eigenvalue weighted by atomic mass is 10.00. The minimum absolute atomic E-state index is 0.0128. The van der Waals surface area contributed by atoms with E-state index in [1.165, 1.54) is 5.56 Å². The van der Waals surface area contributed by atoms with Crippen molar-refractivity contribution >= 4 is 11.6 Å². The molecule has 1 aliphatic rings. The number of hydrogen-bond donors (Lipinski definition) is 1. The fourth-order valence-electron chi connectivity index (χ4n) is 2.48. The molecular formula is C16H24N2O2. The Kier molecular flexibility index (Phi) is 4.33. The third-order valence-electron chi connectivity index (χ3n) is 3.84. The van der Waals surface area contributed by atoms with Crippen molar-refractivity contribution in [3.63, 3.8) is 0 Å². The Balaban J connectivity index is 2.50. The van der Waals surface area contributed by atoms with E-state index in [0.29, 0.717) is 18.9 Å². The molecule has 110 valence electrons. The van der Waals surface area contributed by atoms with Gasteiger partial charge in [0.05, 0.1) is 5.69 Å². The quantitative estimate of drug-likeness (QED) is 0.920. The lowest BCUT2D eigenvalue weighted by molar-refractivity contribution is -0.126. The molecular weight excluding hydrogens is 252 g/mol. The van der Waals surface area contributed by atoms with Gasteiger partial charge in [-0.3, -0.25) is 4.79 Å². The van der Waals surface area contributed by atoms with Crippen molar-refractivity contribution in [2.75, 3.05) is 11.4 Å². The molecule has 4 heteroatoms. The predicted octanol–water partition coefficient (Wildman–Crippen LogP) is 2.66. The summed E-state index contributed by atoms with van der Waals surface area (Å²) in [4.78, 5) is 14.4. The summed E-state index contributed by atoms with van der Waals surface area (Å²) in [6.45, 7) is 8.65. The second-order valence-electron chi connectivity index (χ2n) is 5.69. The van der Waals surface area contributed by atoms with E-state index in [4.69, 9.17) is 10.5 Å². The fraction of sp³-hybridized carbons (Fsp3) is 0.562. The van der Waals surface area contributed by atoms with Crippen LogP contribution in [0, 0.1) is 0 Å². The maximum absolute atomic E-state index is 12.5. The number of carbonyl (C=O) groups is 1. The zero-order chi connectivity index (χ0) is 14.9. The molecule has 1 aromatic carbocycles. The van der Waals surface area contributed by atoms with Crippen LogP contribution < -0.4 is 15.4 Å². The van der Waals surface area contributed by atoms with Gasteiger partial charge >= 0.3 is 0 Å². The maximum atomic E-state index is 12.5. The van der Waals surface area contributed by atoms with Crippen molar-refractivity contribution in [2.24, 2.45) is 5.73 Å². The van der Waals surface area contributed by atoms with E-state index in [0.717, 1.165) is 11.4 Å². The fourth-order valence-corrected chi connectivity index (χ4v) is 2.48. The zero-order valence-corrected chi connectivity index (χ0v) is 12.7. The minimum atomic E-state index is -0.401. The van der Waals surface area contributed by atoms with E-state index >= 15 is 0 Å². The monoisotopic (exact) mass is 276 g/mol. The Morgan fingerprint density at radius 2 is 2.05 bits per heavy atom. The Bertz CT molecular complexity index is 499.